The molecule has 1 aliphatic heterocycles. The van der Waals surface area contributed by atoms with E-state index in [9.17, 15) is 18.0 Å². The van der Waals surface area contributed by atoms with Crippen LogP contribution in [-0.4, -0.2) is 68.1 Å². The number of furan rings is 1. The Balaban J connectivity index is 2.20. The molecule has 1 aliphatic rings. The number of rotatable bonds is 6. The fraction of sp³-hybridized carbons (Fsp3) is 0.538. The van der Waals surface area contributed by atoms with Gasteiger partial charge in [-0.05, 0) is 18.6 Å². The Bertz CT molecular complexity index is 664. The van der Waals surface area contributed by atoms with Crippen LogP contribution in [0.15, 0.2) is 16.5 Å². The maximum absolute atomic E-state index is 12.5. The molecule has 0 aliphatic carbocycles. The summed E-state index contributed by atoms with van der Waals surface area (Å²) in [5, 5.41) is 8.82. The maximum atomic E-state index is 12.5. The van der Waals surface area contributed by atoms with Gasteiger partial charge in [0.2, 0.25) is 5.76 Å². The van der Waals surface area contributed by atoms with Gasteiger partial charge in [0.15, 0.2) is 15.6 Å². The molecular formula is C13H17NO7S. The van der Waals surface area contributed by atoms with Crippen LogP contribution in [0, 0.1) is 0 Å². The molecule has 1 amide bonds. The van der Waals surface area contributed by atoms with E-state index in [4.69, 9.17) is 14.3 Å². The van der Waals surface area contributed by atoms with Crippen LogP contribution in [-0.2, 0) is 14.6 Å². The number of aromatic carboxylic acids is 1. The van der Waals surface area contributed by atoms with E-state index in [2.05, 4.69) is 0 Å². The molecule has 1 aromatic rings. The van der Waals surface area contributed by atoms with Crippen LogP contribution in [0.3, 0.4) is 0 Å². The quantitative estimate of drug-likeness (QED) is 0.795. The molecule has 9 heteroatoms. The number of carboxylic acid groups (broad SMARTS) is 1. The van der Waals surface area contributed by atoms with E-state index in [0.29, 0.717) is 6.42 Å². The van der Waals surface area contributed by atoms with Gasteiger partial charge in [-0.25, -0.2) is 13.2 Å². The number of carbonyl (C=O) groups is 2. The number of nitrogens with zero attached hydrogens (tertiary/aromatic N) is 1. The predicted molar refractivity (Wildman–Crippen MR) is 75.6 cm³/mol. The molecule has 1 N–H and O–H groups in total. The highest BCUT2D eigenvalue weighted by molar-refractivity contribution is 7.91. The third-order valence-electron chi connectivity index (χ3n) is 3.47. The minimum Gasteiger partial charge on any atom is -0.475 e. The lowest BCUT2D eigenvalue weighted by Crippen LogP contribution is -2.43. The zero-order valence-electron chi connectivity index (χ0n) is 12.0. The number of carbonyl (C=O) groups excluding carboxylic acids is 1. The summed E-state index contributed by atoms with van der Waals surface area (Å²) in [5.74, 6) is -2.34. The third-order valence-corrected chi connectivity index (χ3v) is 5.22. The second kappa shape index (κ2) is 6.49. The molecule has 0 spiro atoms. The molecule has 1 fully saturated rings. The number of amides is 1. The molecule has 8 nitrogen and oxygen atoms in total. The van der Waals surface area contributed by atoms with Gasteiger partial charge in [0.1, 0.15) is 0 Å². The van der Waals surface area contributed by atoms with Crippen LogP contribution < -0.4 is 0 Å². The fourth-order valence-corrected chi connectivity index (χ4v) is 4.10. The first-order valence-corrected chi connectivity index (χ1v) is 8.49. The second-order valence-electron chi connectivity index (χ2n) is 5.02. The molecule has 0 aromatic carbocycles. The summed E-state index contributed by atoms with van der Waals surface area (Å²) >= 11 is 0. The lowest BCUT2D eigenvalue weighted by molar-refractivity contribution is 0.0581. The minimum absolute atomic E-state index is 0.0347. The van der Waals surface area contributed by atoms with Crippen molar-refractivity contribution in [1.29, 1.82) is 0 Å². The second-order valence-corrected chi connectivity index (χ2v) is 7.25. The minimum atomic E-state index is -3.15. The van der Waals surface area contributed by atoms with Crippen LogP contribution in [0.1, 0.15) is 27.5 Å². The Hall–Kier alpha value is -1.87. The molecule has 1 aromatic heterocycles. The number of hydrogen-bond acceptors (Lipinski definition) is 6. The largest absolute Gasteiger partial charge is 0.475 e. The highest BCUT2D eigenvalue weighted by Gasteiger charge is 2.35. The van der Waals surface area contributed by atoms with Crippen molar-refractivity contribution in [2.75, 3.05) is 31.8 Å². The summed E-state index contributed by atoms with van der Waals surface area (Å²) in [7, 11) is -1.67. The molecule has 2 heterocycles. The first-order chi connectivity index (χ1) is 10.3. The van der Waals surface area contributed by atoms with Crippen LogP contribution in [0.5, 0.6) is 0 Å². The first kappa shape index (κ1) is 16.5. The number of ether oxygens (including phenoxy) is 1. The topological polar surface area (TPSA) is 114 Å². The summed E-state index contributed by atoms with van der Waals surface area (Å²) in [5.41, 5.74) is 0. The lowest BCUT2D eigenvalue weighted by atomic mass is 10.2. The van der Waals surface area contributed by atoms with E-state index in [1.54, 1.807) is 0 Å². The third kappa shape index (κ3) is 3.66. The SMILES string of the molecule is COCCN(C(=O)c1ccc(C(=O)O)o1)C1CCS(=O)(=O)C1. The summed E-state index contributed by atoms with van der Waals surface area (Å²) in [6.07, 6.45) is 0.351. The van der Waals surface area contributed by atoms with Gasteiger partial charge in [-0.2, -0.15) is 0 Å². The highest BCUT2D eigenvalue weighted by atomic mass is 32.2. The molecule has 1 unspecified atom stereocenters. The van der Waals surface area contributed by atoms with Crippen molar-refractivity contribution in [3.05, 3.63) is 23.7 Å². The van der Waals surface area contributed by atoms with Gasteiger partial charge in [-0.3, -0.25) is 4.79 Å². The number of carboxylic acids is 1. The van der Waals surface area contributed by atoms with Crippen LogP contribution in [0.25, 0.3) is 0 Å². The monoisotopic (exact) mass is 331 g/mol. The zero-order chi connectivity index (χ0) is 16.3. The van der Waals surface area contributed by atoms with Gasteiger partial charge < -0.3 is 19.2 Å². The van der Waals surface area contributed by atoms with Crippen LogP contribution >= 0.6 is 0 Å². The molecule has 122 valence electrons. The first-order valence-electron chi connectivity index (χ1n) is 6.67. The molecule has 22 heavy (non-hydrogen) atoms. The van der Waals surface area contributed by atoms with E-state index in [-0.39, 0.29) is 36.2 Å². The van der Waals surface area contributed by atoms with Gasteiger partial charge >= 0.3 is 5.97 Å². The van der Waals surface area contributed by atoms with Crippen molar-refractivity contribution in [2.24, 2.45) is 0 Å². The number of hydrogen-bond donors (Lipinski definition) is 1. The van der Waals surface area contributed by atoms with Crippen LogP contribution in [0.2, 0.25) is 0 Å². The summed E-state index contributed by atoms with van der Waals surface area (Å²) in [6, 6.07) is 2.01. The molecule has 1 atom stereocenters. The van der Waals surface area contributed by atoms with Crippen molar-refractivity contribution in [3.8, 4) is 0 Å². The van der Waals surface area contributed by atoms with Gasteiger partial charge in [0.05, 0.1) is 18.1 Å². The average Bonchev–Trinajstić information content (AvgIpc) is 3.06. The highest BCUT2D eigenvalue weighted by Crippen LogP contribution is 2.21. The Morgan fingerprint density at radius 2 is 2.09 bits per heavy atom. The van der Waals surface area contributed by atoms with Gasteiger partial charge in [0.25, 0.3) is 5.91 Å². The van der Waals surface area contributed by atoms with Gasteiger partial charge in [0, 0.05) is 19.7 Å². The number of methoxy groups -OCH3 is 1. The summed E-state index contributed by atoms with van der Waals surface area (Å²) < 4.78 is 33.1. The maximum Gasteiger partial charge on any atom is 0.371 e. The van der Waals surface area contributed by atoms with E-state index < -0.39 is 27.8 Å². The molecule has 0 saturated carbocycles. The summed E-state index contributed by atoms with van der Waals surface area (Å²) in [6.45, 7) is 0.452. The Kier molecular flexibility index (Phi) is 4.87. The van der Waals surface area contributed by atoms with Crippen LogP contribution in [0.4, 0.5) is 0 Å². The van der Waals surface area contributed by atoms with E-state index in [1.165, 1.54) is 24.1 Å². The van der Waals surface area contributed by atoms with E-state index >= 15 is 0 Å². The van der Waals surface area contributed by atoms with Gasteiger partial charge in [-0.1, -0.05) is 0 Å². The zero-order valence-corrected chi connectivity index (χ0v) is 12.8. The Morgan fingerprint density at radius 1 is 1.41 bits per heavy atom. The van der Waals surface area contributed by atoms with Crippen molar-refractivity contribution in [2.45, 2.75) is 12.5 Å². The standard InChI is InChI=1S/C13H17NO7S/c1-20-6-5-14(9-4-7-22(18,19)8-9)12(15)10-2-3-11(21-10)13(16)17/h2-3,9H,4-8H2,1H3,(H,16,17). The Labute approximate surface area is 127 Å². The van der Waals surface area contributed by atoms with Crippen molar-refractivity contribution in [1.82, 2.24) is 4.90 Å². The molecule has 0 radical (unpaired) electrons. The fourth-order valence-electron chi connectivity index (χ4n) is 2.37. The molecular weight excluding hydrogens is 314 g/mol. The Morgan fingerprint density at radius 3 is 2.59 bits per heavy atom. The molecule has 1 saturated heterocycles. The molecule has 2 rings (SSSR count). The summed E-state index contributed by atoms with van der Waals surface area (Å²) in [4.78, 5) is 24.6. The van der Waals surface area contributed by atoms with Crippen molar-refractivity contribution < 1.29 is 32.3 Å². The molecule has 0 bridgehead atoms. The predicted octanol–water partition coefficient (Wildman–Crippen LogP) is 0.254. The normalized spacial score (nSPS) is 20.0. The lowest BCUT2D eigenvalue weighted by Gasteiger charge is -2.27. The van der Waals surface area contributed by atoms with Gasteiger partial charge in [-0.15, -0.1) is 0 Å². The van der Waals surface area contributed by atoms with E-state index in [1.807, 2.05) is 0 Å². The van der Waals surface area contributed by atoms with Crippen molar-refractivity contribution in [3.63, 3.8) is 0 Å². The average molecular weight is 331 g/mol. The number of sulfone groups is 1. The van der Waals surface area contributed by atoms with E-state index in [0.717, 1.165) is 0 Å². The smallest absolute Gasteiger partial charge is 0.371 e. The van der Waals surface area contributed by atoms with Crippen molar-refractivity contribution >= 4 is 21.7 Å².